The zero-order chi connectivity index (χ0) is 14.1. The fourth-order valence-corrected chi connectivity index (χ4v) is 3.72. The molecule has 0 amide bonds. The first-order valence-electron chi connectivity index (χ1n) is 6.91. The number of carbonyl (C=O) groups excluding carboxylic acids is 1. The Labute approximate surface area is 121 Å². The average Bonchev–Trinajstić information content (AvgIpc) is 3.12. The molecule has 0 N–H and O–H groups in total. The van der Waals surface area contributed by atoms with E-state index in [1.54, 1.807) is 11.3 Å². The molecule has 1 unspecified atom stereocenters. The fraction of sp³-hybridized carbons (Fsp3) is 0.500. The van der Waals surface area contributed by atoms with E-state index in [1.165, 1.54) is 4.88 Å². The van der Waals surface area contributed by atoms with Crippen molar-refractivity contribution < 1.29 is 9.53 Å². The number of fused-ring (bicyclic) bond motifs is 1. The van der Waals surface area contributed by atoms with Gasteiger partial charge in [0.15, 0.2) is 0 Å². The SMILES string of the molecule is CCOC(=O)C1CCc2sc(-c3cncn3CC)nc21. The summed E-state index contributed by atoms with van der Waals surface area (Å²) in [6.45, 7) is 5.19. The summed E-state index contributed by atoms with van der Waals surface area (Å²) in [4.78, 5) is 22.0. The zero-order valence-electron chi connectivity index (χ0n) is 11.6. The van der Waals surface area contributed by atoms with Gasteiger partial charge in [-0.15, -0.1) is 11.3 Å². The Morgan fingerprint density at radius 3 is 3.15 bits per heavy atom. The lowest BCUT2D eigenvalue weighted by atomic mass is 10.1. The summed E-state index contributed by atoms with van der Waals surface area (Å²) in [7, 11) is 0. The molecule has 1 aliphatic rings. The Balaban J connectivity index is 1.92. The van der Waals surface area contributed by atoms with Crippen LogP contribution >= 0.6 is 11.3 Å². The van der Waals surface area contributed by atoms with Gasteiger partial charge in [-0.1, -0.05) is 0 Å². The molecule has 1 atom stereocenters. The maximum atomic E-state index is 12.0. The number of nitrogens with zero attached hydrogens (tertiary/aromatic N) is 3. The standard InChI is InChI=1S/C14H17N3O2S/c1-3-17-8-15-7-10(17)13-16-12-9(14(18)19-4-2)5-6-11(12)20-13/h7-9H,3-6H2,1-2H3. The highest BCUT2D eigenvalue weighted by molar-refractivity contribution is 7.15. The van der Waals surface area contributed by atoms with E-state index in [0.29, 0.717) is 6.61 Å². The molecule has 2 aromatic heterocycles. The third-order valence-corrected chi connectivity index (χ3v) is 4.71. The first-order chi connectivity index (χ1) is 9.74. The van der Waals surface area contributed by atoms with Gasteiger partial charge in [-0.3, -0.25) is 4.79 Å². The highest BCUT2D eigenvalue weighted by Gasteiger charge is 2.34. The van der Waals surface area contributed by atoms with Crippen molar-refractivity contribution in [1.29, 1.82) is 0 Å². The maximum absolute atomic E-state index is 12.0. The minimum atomic E-state index is -0.187. The van der Waals surface area contributed by atoms with Gasteiger partial charge in [-0.05, 0) is 26.7 Å². The van der Waals surface area contributed by atoms with E-state index in [1.807, 2.05) is 19.4 Å². The number of hydrogen-bond donors (Lipinski definition) is 0. The molecule has 20 heavy (non-hydrogen) atoms. The number of esters is 1. The Morgan fingerprint density at radius 1 is 1.55 bits per heavy atom. The lowest BCUT2D eigenvalue weighted by molar-refractivity contribution is -0.145. The predicted molar refractivity (Wildman–Crippen MR) is 76.7 cm³/mol. The maximum Gasteiger partial charge on any atom is 0.315 e. The third kappa shape index (κ3) is 2.14. The van der Waals surface area contributed by atoms with Crippen molar-refractivity contribution in [3.8, 4) is 10.7 Å². The van der Waals surface area contributed by atoms with Crippen molar-refractivity contribution >= 4 is 17.3 Å². The Morgan fingerprint density at radius 2 is 2.40 bits per heavy atom. The summed E-state index contributed by atoms with van der Waals surface area (Å²) >= 11 is 1.67. The third-order valence-electron chi connectivity index (χ3n) is 3.56. The van der Waals surface area contributed by atoms with Crippen LogP contribution < -0.4 is 0 Å². The van der Waals surface area contributed by atoms with Crippen LogP contribution in [-0.4, -0.2) is 27.1 Å². The van der Waals surface area contributed by atoms with Gasteiger partial charge < -0.3 is 9.30 Å². The normalized spacial score (nSPS) is 17.2. The summed E-state index contributed by atoms with van der Waals surface area (Å²) in [6.07, 6.45) is 5.37. The predicted octanol–water partition coefficient (Wildman–Crippen LogP) is 2.62. The van der Waals surface area contributed by atoms with Gasteiger partial charge in [0.2, 0.25) is 0 Å². The minimum Gasteiger partial charge on any atom is -0.465 e. The molecule has 0 saturated heterocycles. The topological polar surface area (TPSA) is 57.0 Å². The van der Waals surface area contributed by atoms with E-state index in [9.17, 15) is 4.79 Å². The van der Waals surface area contributed by atoms with Crippen LogP contribution in [-0.2, 0) is 22.5 Å². The molecule has 5 nitrogen and oxygen atoms in total. The number of ether oxygens (including phenoxy) is 1. The van der Waals surface area contributed by atoms with Crippen molar-refractivity contribution in [3.63, 3.8) is 0 Å². The highest BCUT2D eigenvalue weighted by Crippen LogP contribution is 2.40. The van der Waals surface area contributed by atoms with E-state index in [2.05, 4.69) is 21.5 Å². The molecule has 0 radical (unpaired) electrons. The molecular weight excluding hydrogens is 274 g/mol. The van der Waals surface area contributed by atoms with Crippen LogP contribution in [0, 0.1) is 0 Å². The number of rotatable bonds is 4. The largest absolute Gasteiger partial charge is 0.465 e. The van der Waals surface area contributed by atoms with Crippen LogP contribution in [0.25, 0.3) is 10.7 Å². The summed E-state index contributed by atoms with van der Waals surface area (Å²) in [5, 5.41) is 0.948. The van der Waals surface area contributed by atoms with Crippen molar-refractivity contribution in [1.82, 2.24) is 14.5 Å². The zero-order valence-corrected chi connectivity index (χ0v) is 12.4. The second-order valence-electron chi connectivity index (χ2n) is 4.74. The van der Waals surface area contributed by atoms with E-state index in [-0.39, 0.29) is 11.9 Å². The molecule has 0 saturated carbocycles. The summed E-state index contributed by atoms with van der Waals surface area (Å²) in [6, 6.07) is 0. The lowest BCUT2D eigenvalue weighted by Crippen LogP contribution is -2.14. The second kappa shape index (κ2) is 5.36. The molecule has 6 heteroatoms. The van der Waals surface area contributed by atoms with Crippen LogP contribution in [0.1, 0.15) is 36.8 Å². The van der Waals surface area contributed by atoms with E-state index < -0.39 is 0 Å². The van der Waals surface area contributed by atoms with Crippen LogP contribution in [0.5, 0.6) is 0 Å². The Kier molecular flexibility index (Phi) is 3.56. The Hall–Kier alpha value is -1.69. The lowest BCUT2D eigenvalue weighted by Gasteiger charge is -2.08. The second-order valence-corrected chi connectivity index (χ2v) is 5.82. The smallest absolute Gasteiger partial charge is 0.315 e. The molecule has 3 rings (SSSR count). The van der Waals surface area contributed by atoms with Gasteiger partial charge in [0.05, 0.1) is 30.5 Å². The van der Waals surface area contributed by atoms with Crippen LogP contribution in [0.4, 0.5) is 0 Å². The van der Waals surface area contributed by atoms with Crippen LogP contribution in [0.15, 0.2) is 12.5 Å². The average molecular weight is 291 g/mol. The monoisotopic (exact) mass is 291 g/mol. The van der Waals surface area contributed by atoms with Crippen LogP contribution in [0.3, 0.4) is 0 Å². The van der Waals surface area contributed by atoms with Crippen molar-refractivity contribution in [2.24, 2.45) is 0 Å². The number of aromatic nitrogens is 3. The molecule has 2 heterocycles. The first-order valence-corrected chi connectivity index (χ1v) is 7.73. The van der Waals surface area contributed by atoms with E-state index in [4.69, 9.17) is 4.74 Å². The quantitative estimate of drug-likeness (QED) is 0.813. The van der Waals surface area contributed by atoms with Gasteiger partial charge >= 0.3 is 5.97 Å². The van der Waals surface area contributed by atoms with Gasteiger partial charge in [0.25, 0.3) is 0 Å². The van der Waals surface area contributed by atoms with Gasteiger partial charge in [0, 0.05) is 11.4 Å². The van der Waals surface area contributed by atoms with Crippen molar-refractivity contribution in [2.45, 2.75) is 39.2 Å². The molecule has 2 aromatic rings. The molecule has 106 valence electrons. The number of carbonyl (C=O) groups is 1. The minimum absolute atomic E-state index is 0.146. The van der Waals surface area contributed by atoms with Crippen molar-refractivity contribution in [3.05, 3.63) is 23.1 Å². The highest BCUT2D eigenvalue weighted by atomic mass is 32.1. The number of hydrogen-bond acceptors (Lipinski definition) is 5. The fourth-order valence-electron chi connectivity index (χ4n) is 2.56. The summed E-state index contributed by atoms with van der Waals surface area (Å²) < 4.78 is 7.20. The van der Waals surface area contributed by atoms with E-state index >= 15 is 0 Å². The first kappa shape index (κ1) is 13.3. The molecule has 0 fully saturated rings. The number of imidazole rings is 1. The molecular formula is C14H17N3O2S. The van der Waals surface area contributed by atoms with Gasteiger partial charge in [-0.2, -0.15) is 0 Å². The summed E-state index contributed by atoms with van der Waals surface area (Å²) in [5.41, 5.74) is 1.93. The molecule has 1 aliphatic carbocycles. The molecule has 0 bridgehead atoms. The van der Waals surface area contributed by atoms with Gasteiger partial charge in [-0.25, -0.2) is 9.97 Å². The molecule has 0 aromatic carbocycles. The van der Waals surface area contributed by atoms with Crippen LogP contribution in [0.2, 0.25) is 0 Å². The Bertz CT molecular complexity index is 632. The number of aryl methyl sites for hydroxylation is 2. The number of thiazole rings is 1. The van der Waals surface area contributed by atoms with Gasteiger partial charge in [0.1, 0.15) is 10.9 Å². The molecule has 0 aliphatic heterocycles. The van der Waals surface area contributed by atoms with Crippen molar-refractivity contribution in [2.75, 3.05) is 6.61 Å². The molecule has 0 spiro atoms. The summed E-state index contributed by atoms with van der Waals surface area (Å²) in [5.74, 6) is -0.333. The van der Waals surface area contributed by atoms with E-state index in [0.717, 1.165) is 35.8 Å².